The fourth-order valence-electron chi connectivity index (χ4n) is 0.346. The summed E-state index contributed by atoms with van der Waals surface area (Å²) in [5.41, 5.74) is 0. The van der Waals surface area contributed by atoms with Gasteiger partial charge in [-0.25, -0.2) is 0 Å². The molecule has 1 unspecified atom stereocenters. The minimum atomic E-state index is -0.569. The van der Waals surface area contributed by atoms with Gasteiger partial charge in [-0.15, -0.1) is 0 Å². The third-order valence-electron chi connectivity index (χ3n) is 0.637. The fourth-order valence-corrected chi connectivity index (χ4v) is 0.346. The average Bonchev–Trinajstić information content (AvgIpc) is 2.14. The van der Waals surface area contributed by atoms with E-state index in [9.17, 15) is 4.79 Å². The van der Waals surface area contributed by atoms with Gasteiger partial charge in [0.15, 0.2) is 0 Å². The van der Waals surface area contributed by atoms with Gasteiger partial charge >= 0.3 is 0 Å². The summed E-state index contributed by atoms with van der Waals surface area (Å²) in [7, 11) is 0. The van der Waals surface area contributed by atoms with Crippen LogP contribution < -0.4 is 5.32 Å². The smallest absolute Gasteiger partial charge is 0.265 e. The third kappa shape index (κ3) is 0.707. The van der Waals surface area contributed by atoms with E-state index in [1.165, 1.54) is 6.26 Å². The van der Waals surface area contributed by atoms with Crippen molar-refractivity contribution in [2.75, 3.05) is 0 Å². The zero-order valence-electron chi connectivity index (χ0n) is 3.55. The Hall–Kier alpha value is -0.990. The highest BCUT2D eigenvalue weighted by molar-refractivity contribution is 5.57. The largest absolute Gasteiger partial charge is 0.469 e. The molecule has 0 fully saturated rings. The number of hydrogen-bond donors (Lipinski definition) is 1. The molecule has 1 heterocycles. The van der Waals surface area contributed by atoms with E-state index in [4.69, 9.17) is 0 Å². The van der Waals surface area contributed by atoms with Crippen LogP contribution in [0.25, 0.3) is 0 Å². The summed E-state index contributed by atoms with van der Waals surface area (Å²) < 4.78 is 4.59. The summed E-state index contributed by atoms with van der Waals surface area (Å²) in [6.07, 6.45) is 4.01. The Bertz CT molecular complexity index is 91.9. The summed E-state index contributed by atoms with van der Waals surface area (Å²) >= 11 is 0. The lowest BCUT2D eigenvalue weighted by atomic mass is 10.7. The van der Waals surface area contributed by atoms with Crippen molar-refractivity contribution in [2.45, 2.75) is 6.23 Å². The van der Waals surface area contributed by atoms with Gasteiger partial charge in [0.1, 0.15) is 6.26 Å². The third-order valence-corrected chi connectivity index (χ3v) is 0.637. The molecule has 1 radical (unpaired) electrons. The molecule has 3 nitrogen and oxygen atoms in total. The van der Waals surface area contributed by atoms with Gasteiger partial charge in [-0.05, 0) is 0 Å². The second kappa shape index (κ2) is 1.64. The molecule has 0 aromatic heterocycles. The molecule has 1 aliphatic rings. The van der Waals surface area contributed by atoms with Crippen LogP contribution in [0.2, 0.25) is 0 Å². The monoisotopic (exact) mass is 98.0 g/mol. The van der Waals surface area contributed by atoms with Crippen LogP contribution in [0.3, 0.4) is 0 Å². The Morgan fingerprint density at radius 3 is 3.00 bits per heavy atom. The van der Waals surface area contributed by atoms with Crippen molar-refractivity contribution in [2.24, 2.45) is 0 Å². The maximum Gasteiger partial charge on any atom is 0.265 e. The Balaban J connectivity index is 2.35. The van der Waals surface area contributed by atoms with Gasteiger partial charge in [0.2, 0.25) is 6.23 Å². The number of hydrogen-bond acceptors (Lipinski definition) is 3. The van der Waals surface area contributed by atoms with E-state index < -0.39 is 6.23 Å². The van der Waals surface area contributed by atoms with Gasteiger partial charge in [-0.2, -0.15) is 0 Å². The second-order valence-electron chi connectivity index (χ2n) is 1.10. The summed E-state index contributed by atoms with van der Waals surface area (Å²) in [5.74, 6) is 0. The highest BCUT2D eigenvalue weighted by atomic mass is 16.5. The van der Waals surface area contributed by atoms with E-state index in [0.717, 1.165) is 0 Å². The molecule has 7 heavy (non-hydrogen) atoms. The summed E-state index contributed by atoms with van der Waals surface area (Å²) in [5, 5.41) is 2.58. The minimum Gasteiger partial charge on any atom is -0.469 e. The molecule has 0 saturated carbocycles. The zero-order chi connectivity index (χ0) is 5.11. The number of rotatable bonds is 1. The van der Waals surface area contributed by atoms with E-state index in [0.29, 0.717) is 0 Å². The van der Waals surface area contributed by atoms with E-state index in [1.54, 1.807) is 12.5 Å². The van der Waals surface area contributed by atoms with Crippen LogP contribution in [0.15, 0.2) is 12.5 Å². The molecule has 37 valence electrons. The van der Waals surface area contributed by atoms with Crippen molar-refractivity contribution < 1.29 is 9.53 Å². The standard InChI is InChI=1S/C4H4NO2/c6-3-4-5-1-2-7-4/h1-2,4-5H. The molecule has 3 heteroatoms. The van der Waals surface area contributed by atoms with Crippen LogP contribution in [0.1, 0.15) is 0 Å². The molecular weight excluding hydrogens is 94.0 g/mol. The predicted octanol–water partition coefficient (Wildman–Crippen LogP) is -0.487. The van der Waals surface area contributed by atoms with Gasteiger partial charge < -0.3 is 10.1 Å². The minimum absolute atomic E-state index is 0.569. The molecule has 1 aliphatic heterocycles. The Kier molecular flexibility index (Phi) is 0.978. The maximum absolute atomic E-state index is 9.65. The van der Waals surface area contributed by atoms with Crippen LogP contribution >= 0.6 is 0 Å². The van der Waals surface area contributed by atoms with Crippen LogP contribution in [0.4, 0.5) is 0 Å². The van der Waals surface area contributed by atoms with Gasteiger partial charge in [0.25, 0.3) is 6.29 Å². The van der Waals surface area contributed by atoms with Crippen molar-refractivity contribution in [1.29, 1.82) is 0 Å². The van der Waals surface area contributed by atoms with Gasteiger partial charge in [-0.3, -0.25) is 4.79 Å². The van der Waals surface area contributed by atoms with E-state index >= 15 is 0 Å². The molecule has 0 aromatic carbocycles. The Labute approximate surface area is 41.0 Å². The van der Waals surface area contributed by atoms with Crippen molar-refractivity contribution in [3.05, 3.63) is 12.5 Å². The summed E-state index contributed by atoms with van der Waals surface area (Å²) in [4.78, 5) is 9.65. The van der Waals surface area contributed by atoms with Crippen LogP contribution in [-0.2, 0) is 9.53 Å². The zero-order valence-corrected chi connectivity index (χ0v) is 3.55. The van der Waals surface area contributed by atoms with E-state index in [1.807, 2.05) is 0 Å². The van der Waals surface area contributed by atoms with Gasteiger partial charge in [0.05, 0.1) is 0 Å². The predicted molar refractivity (Wildman–Crippen MR) is 22.8 cm³/mol. The number of carbonyl (C=O) groups excluding carboxylic acids is 1. The van der Waals surface area contributed by atoms with Crippen molar-refractivity contribution in [3.63, 3.8) is 0 Å². The normalized spacial score (nSPS) is 26.0. The van der Waals surface area contributed by atoms with Crippen molar-refractivity contribution in [3.8, 4) is 0 Å². The molecule has 0 bridgehead atoms. The van der Waals surface area contributed by atoms with E-state index in [2.05, 4.69) is 10.1 Å². The number of ether oxygens (including phenoxy) is 1. The topological polar surface area (TPSA) is 38.3 Å². The Morgan fingerprint density at radius 1 is 1.86 bits per heavy atom. The van der Waals surface area contributed by atoms with E-state index in [-0.39, 0.29) is 0 Å². The molecule has 0 aliphatic carbocycles. The van der Waals surface area contributed by atoms with Crippen molar-refractivity contribution in [1.82, 2.24) is 5.32 Å². The fraction of sp³-hybridized carbons (Fsp3) is 0.250. The van der Waals surface area contributed by atoms with Crippen molar-refractivity contribution >= 4 is 6.29 Å². The molecule has 1 rings (SSSR count). The quantitative estimate of drug-likeness (QED) is 0.481. The second-order valence-corrected chi connectivity index (χ2v) is 1.10. The SMILES string of the molecule is O=[C]C1NC=CO1. The molecule has 1 N–H and O–H groups in total. The lowest BCUT2D eigenvalue weighted by molar-refractivity contribution is 0.208. The highest BCUT2D eigenvalue weighted by Crippen LogP contribution is 1.90. The van der Waals surface area contributed by atoms with Crippen LogP contribution in [-0.4, -0.2) is 12.5 Å². The maximum atomic E-state index is 9.65. The Morgan fingerprint density at radius 2 is 2.71 bits per heavy atom. The number of nitrogens with one attached hydrogen (secondary N) is 1. The summed E-state index contributed by atoms with van der Waals surface area (Å²) in [6, 6.07) is 0. The average molecular weight is 98.1 g/mol. The highest BCUT2D eigenvalue weighted by Gasteiger charge is 2.06. The first-order chi connectivity index (χ1) is 3.43. The molecule has 1 atom stereocenters. The lowest BCUT2D eigenvalue weighted by Gasteiger charge is -1.96. The van der Waals surface area contributed by atoms with Crippen LogP contribution in [0.5, 0.6) is 0 Å². The molecular formula is C4H4NO2. The summed E-state index contributed by atoms with van der Waals surface area (Å²) in [6.45, 7) is 0. The molecule has 0 aromatic rings. The van der Waals surface area contributed by atoms with Gasteiger partial charge in [0, 0.05) is 6.20 Å². The lowest BCUT2D eigenvalue weighted by Crippen LogP contribution is -2.21. The first-order valence-corrected chi connectivity index (χ1v) is 1.87. The van der Waals surface area contributed by atoms with Crippen LogP contribution in [0, 0.1) is 0 Å². The molecule has 0 spiro atoms. The van der Waals surface area contributed by atoms with Gasteiger partial charge in [-0.1, -0.05) is 0 Å². The first kappa shape index (κ1) is 4.18. The first-order valence-electron chi connectivity index (χ1n) is 1.87. The molecule has 0 saturated heterocycles. The molecule has 0 amide bonds.